The quantitative estimate of drug-likeness (QED) is 0.876. The van der Waals surface area contributed by atoms with Crippen LogP contribution < -0.4 is 5.32 Å². The summed E-state index contributed by atoms with van der Waals surface area (Å²) in [5.41, 5.74) is 1.30. The van der Waals surface area contributed by atoms with Crippen molar-refractivity contribution in [1.29, 1.82) is 0 Å². The van der Waals surface area contributed by atoms with Crippen LogP contribution in [0.4, 0.5) is 4.39 Å². The maximum atomic E-state index is 13.2. The van der Waals surface area contributed by atoms with Gasteiger partial charge in [0.1, 0.15) is 5.82 Å². The van der Waals surface area contributed by atoms with Crippen LogP contribution in [0.15, 0.2) is 22.7 Å². The lowest BCUT2D eigenvalue weighted by atomic mass is 10.1. The number of nitrogens with one attached hydrogen (secondary N) is 1. The Kier molecular flexibility index (Phi) is 4.81. The van der Waals surface area contributed by atoms with Gasteiger partial charge in [0.15, 0.2) is 0 Å². The van der Waals surface area contributed by atoms with E-state index >= 15 is 0 Å². The van der Waals surface area contributed by atoms with Crippen molar-refractivity contribution in [2.45, 2.75) is 19.4 Å². The number of aryl methyl sites for hydroxylation is 1. The van der Waals surface area contributed by atoms with Crippen LogP contribution in [0.2, 0.25) is 0 Å². The molecule has 0 fully saturated rings. The molecule has 1 N–H and O–H groups in total. The molecule has 6 heteroatoms. The van der Waals surface area contributed by atoms with Gasteiger partial charge in [0.25, 0.3) is 0 Å². The SMILES string of the molecule is CNC(COC)Cc1nc(-c2ccc(F)c(C)c2)no1. The van der Waals surface area contributed by atoms with Gasteiger partial charge >= 0.3 is 0 Å². The van der Waals surface area contributed by atoms with Crippen molar-refractivity contribution in [3.8, 4) is 11.4 Å². The molecule has 0 radical (unpaired) electrons. The first kappa shape index (κ1) is 14.6. The third-order valence-electron chi connectivity index (χ3n) is 3.08. The summed E-state index contributed by atoms with van der Waals surface area (Å²) in [7, 11) is 3.50. The molecule has 0 spiro atoms. The largest absolute Gasteiger partial charge is 0.383 e. The Labute approximate surface area is 117 Å². The van der Waals surface area contributed by atoms with Gasteiger partial charge in [0.2, 0.25) is 11.7 Å². The molecule has 1 heterocycles. The summed E-state index contributed by atoms with van der Waals surface area (Å²) in [6.45, 7) is 2.26. The van der Waals surface area contributed by atoms with Crippen LogP contribution in [0.3, 0.4) is 0 Å². The summed E-state index contributed by atoms with van der Waals surface area (Å²) in [5.74, 6) is 0.751. The van der Waals surface area contributed by atoms with E-state index in [0.717, 1.165) is 5.56 Å². The van der Waals surface area contributed by atoms with E-state index in [1.54, 1.807) is 26.2 Å². The molecule has 0 aliphatic carbocycles. The molecule has 2 aromatic rings. The van der Waals surface area contributed by atoms with Crippen molar-refractivity contribution in [3.05, 3.63) is 35.5 Å². The van der Waals surface area contributed by atoms with Crippen molar-refractivity contribution in [3.63, 3.8) is 0 Å². The van der Waals surface area contributed by atoms with Crippen molar-refractivity contribution in [2.75, 3.05) is 20.8 Å². The Hall–Kier alpha value is -1.79. The molecule has 1 aromatic carbocycles. The van der Waals surface area contributed by atoms with E-state index in [1.165, 1.54) is 6.07 Å². The van der Waals surface area contributed by atoms with Crippen LogP contribution >= 0.6 is 0 Å². The number of hydrogen-bond acceptors (Lipinski definition) is 5. The minimum absolute atomic E-state index is 0.114. The van der Waals surface area contributed by atoms with Gasteiger partial charge in [0.05, 0.1) is 6.61 Å². The van der Waals surface area contributed by atoms with Gasteiger partial charge in [-0.3, -0.25) is 0 Å². The van der Waals surface area contributed by atoms with Gasteiger partial charge in [0, 0.05) is 25.1 Å². The summed E-state index contributed by atoms with van der Waals surface area (Å²) < 4.78 is 23.5. The fourth-order valence-corrected chi connectivity index (χ4v) is 1.90. The second-order valence-electron chi connectivity index (χ2n) is 4.62. The molecule has 0 aliphatic rings. The highest BCUT2D eigenvalue weighted by Gasteiger charge is 2.14. The van der Waals surface area contributed by atoms with Crippen LogP contribution in [0.5, 0.6) is 0 Å². The van der Waals surface area contributed by atoms with Gasteiger partial charge < -0.3 is 14.6 Å². The number of methoxy groups -OCH3 is 1. The number of hydrogen-bond donors (Lipinski definition) is 1. The fraction of sp³-hybridized carbons (Fsp3) is 0.429. The Morgan fingerprint density at radius 1 is 1.45 bits per heavy atom. The first-order chi connectivity index (χ1) is 9.63. The number of rotatable bonds is 6. The molecular formula is C14H18FN3O2. The second kappa shape index (κ2) is 6.58. The first-order valence-corrected chi connectivity index (χ1v) is 6.39. The Morgan fingerprint density at radius 2 is 2.25 bits per heavy atom. The van der Waals surface area contributed by atoms with Crippen LogP contribution in [0, 0.1) is 12.7 Å². The summed E-state index contributed by atoms with van der Waals surface area (Å²) in [6, 6.07) is 4.86. The van der Waals surface area contributed by atoms with Crippen LogP contribution in [0.25, 0.3) is 11.4 Å². The van der Waals surface area contributed by atoms with E-state index < -0.39 is 0 Å². The minimum Gasteiger partial charge on any atom is -0.383 e. The predicted molar refractivity (Wildman–Crippen MR) is 72.9 cm³/mol. The van der Waals surface area contributed by atoms with Gasteiger partial charge in [-0.05, 0) is 37.7 Å². The van der Waals surface area contributed by atoms with Crippen LogP contribution in [0.1, 0.15) is 11.5 Å². The first-order valence-electron chi connectivity index (χ1n) is 6.39. The highest BCUT2D eigenvalue weighted by Crippen LogP contribution is 2.19. The summed E-state index contributed by atoms with van der Waals surface area (Å²) >= 11 is 0. The molecule has 0 aliphatic heterocycles. The normalized spacial score (nSPS) is 12.6. The van der Waals surface area contributed by atoms with Crippen molar-refractivity contribution in [2.24, 2.45) is 0 Å². The Morgan fingerprint density at radius 3 is 2.90 bits per heavy atom. The van der Waals surface area contributed by atoms with E-state index in [4.69, 9.17) is 9.26 Å². The van der Waals surface area contributed by atoms with Gasteiger partial charge in [-0.25, -0.2) is 4.39 Å². The smallest absolute Gasteiger partial charge is 0.228 e. The van der Waals surface area contributed by atoms with E-state index in [-0.39, 0.29) is 11.9 Å². The lowest BCUT2D eigenvalue weighted by Crippen LogP contribution is -2.32. The van der Waals surface area contributed by atoms with Crippen LogP contribution in [-0.4, -0.2) is 36.9 Å². The standard InChI is InChI=1S/C14H18FN3O2/c1-9-6-10(4-5-12(9)15)14-17-13(20-18-14)7-11(16-2)8-19-3/h4-6,11,16H,7-8H2,1-3H3. The predicted octanol–water partition coefficient (Wildman–Crippen LogP) is 1.96. The van der Waals surface area contributed by atoms with E-state index in [9.17, 15) is 4.39 Å². The third kappa shape index (κ3) is 3.40. The molecular weight excluding hydrogens is 261 g/mol. The molecule has 0 bridgehead atoms. The van der Waals surface area contributed by atoms with Gasteiger partial charge in [-0.15, -0.1) is 0 Å². The molecule has 0 saturated carbocycles. The molecule has 2 rings (SSSR count). The second-order valence-corrected chi connectivity index (χ2v) is 4.62. The Balaban J connectivity index is 2.13. The minimum atomic E-state index is -0.243. The molecule has 0 amide bonds. The maximum Gasteiger partial charge on any atom is 0.228 e. The van der Waals surface area contributed by atoms with Gasteiger partial charge in [-0.2, -0.15) is 4.98 Å². The van der Waals surface area contributed by atoms with E-state index in [1.807, 2.05) is 7.05 Å². The zero-order valence-corrected chi connectivity index (χ0v) is 11.8. The topological polar surface area (TPSA) is 60.2 Å². The monoisotopic (exact) mass is 279 g/mol. The number of benzene rings is 1. The lowest BCUT2D eigenvalue weighted by Gasteiger charge is -2.11. The maximum absolute atomic E-state index is 13.2. The average Bonchev–Trinajstić information content (AvgIpc) is 2.90. The van der Waals surface area contributed by atoms with Crippen molar-refractivity contribution >= 4 is 0 Å². The number of aromatic nitrogens is 2. The van der Waals surface area contributed by atoms with Crippen molar-refractivity contribution in [1.82, 2.24) is 15.5 Å². The highest BCUT2D eigenvalue weighted by atomic mass is 19.1. The summed E-state index contributed by atoms with van der Waals surface area (Å²) in [6.07, 6.45) is 0.581. The third-order valence-corrected chi connectivity index (χ3v) is 3.08. The van der Waals surface area contributed by atoms with E-state index in [0.29, 0.717) is 30.3 Å². The number of halogens is 1. The lowest BCUT2D eigenvalue weighted by molar-refractivity contribution is 0.165. The molecule has 1 unspecified atom stereocenters. The van der Waals surface area contributed by atoms with Crippen molar-refractivity contribution < 1.29 is 13.7 Å². The number of nitrogens with zero attached hydrogens (tertiary/aromatic N) is 2. The molecule has 5 nitrogen and oxygen atoms in total. The summed E-state index contributed by atoms with van der Waals surface area (Å²) in [5, 5.41) is 7.04. The molecule has 1 atom stereocenters. The average molecular weight is 279 g/mol. The highest BCUT2D eigenvalue weighted by molar-refractivity contribution is 5.55. The van der Waals surface area contributed by atoms with Crippen LogP contribution in [-0.2, 0) is 11.2 Å². The van der Waals surface area contributed by atoms with Gasteiger partial charge in [-0.1, -0.05) is 5.16 Å². The number of ether oxygens (including phenoxy) is 1. The molecule has 20 heavy (non-hydrogen) atoms. The molecule has 0 saturated heterocycles. The molecule has 108 valence electrons. The zero-order chi connectivity index (χ0) is 14.5. The molecule has 1 aromatic heterocycles. The zero-order valence-electron chi connectivity index (χ0n) is 11.8. The fourth-order valence-electron chi connectivity index (χ4n) is 1.90. The van der Waals surface area contributed by atoms with E-state index in [2.05, 4.69) is 15.5 Å². The summed E-state index contributed by atoms with van der Waals surface area (Å²) in [4.78, 5) is 4.33. The number of likely N-dealkylation sites (N-methyl/N-ethyl adjacent to an activating group) is 1. The Bertz CT molecular complexity index is 571.